The number of nitrogens with one attached hydrogen (secondary N) is 1. The fourth-order valence-corrected chi connectivity index (χ4v) is 2.70. The van der Waals surface area contributed by atoms with Gasteiger partial charge >= 0.3 is 0 Å². The summed E-state index contributed by atoms with van der Waals surface area (Å²) in [6.45, 7) is 0. The van der Waals surface area contributed by atoms with Gasteiger partial charge in [-0.3, -0.25) is 9.59 Å². The molecule has 0 fully saturated rings. The van der Waals surface area contributed by atoms with Crippen molar-refractivity contribution in [2.45, 2.75) is 11.3 Å². The van der Waals surface area contributed by atoms with E-state index < -0.39 is 5.91 Å². The molecule has 0 aliphatic rings. The van der Waals surface area contributed by atoms with Crippen LogP contribution in [0.1, 0.15) is 5.56 Å². The second-order valence-corrected chi connectivity index (χ2v) is 6.06. The Morgan fingerprint density at radius 1 is 1.09 bits per heavy atom. The number of anilines is 1. The first-order chi connectivity index (χ1) is 10.5. The van der Waals surface area contributed by atoms with Crippen LogP contribution in [-0.2, 0) is 16.0 Å². The summed E-state index contributed by atoms with van der Waals surface area (Å²) in [5.41, 5.74) is 6.70. The number of halogens is 1. The first-order valence-corrected chi connectivity index (χ1v) is 7.95. The van der Waals surface area contributed by atoms with Gasteiger partial charge < -0.3 is 11.1 Å². The Labute approximate surface area is 138 Å². The number of primary amides is 1. The predicted molar refractivity (Wildman–Crippen MR) is 90.1 cm³/mol. The highest BCUT2D eigenvalue weighted by Gasteiger charge is 2.09. The van der Waals surface area contributed by atoms with Gasteiger partial charge in [0.1, 0.15) is 0 Å². The molecule has 0 spiro atoms. The number of amides is 2. The second-order valence-electron chi connectivity index (χ2n) is 4.60. The average Bonchev–Trinajstić information content (AvgIpc) is 2.48. The number of thioether (sulfide) groups is 1. The normalized spacial score (nSPS) is 10.2. The molecule has 0 aromatic heterocycles. The molecule has 0 aliphatic carbocycles. The van der Waals surface area contributed by atoms with Crippen molar-refractivity contribution in [3.8, 4) is 0 Å². The van der Waals surface area contributed by atoms with Crippen LogP contribution >= 0.6 is 23.4 Å². The molecule has 6 heteroatoms. The molecule has 3 N–H and O–H groups in total. The molecule has 0 atom stereocenters. The number of carbonyl (C=O) groups excluding carboxylic acids is 2. The van der Waals surface area contributed by atoms with Gasteiger partial charge in [-0.2, -0.15) is 0 Å². The van der Waals surface area contributed by atoms with Gasteiger partial charge in [0.25, 0.3) is 0 Å². The minimum atomic E-state index is -0.396. The number of hydrogen-bond donors (Lipinski definition) is 2. The highest BCUT2D eigenvalue weighted by atomic mass is 35.5. The SMILES string of the molecule is NC(=O)CSc1ccccc1NC(=O)Cc1ccc(Cl)cc1. The van der Waals surface area contributed by atoms with Gasteiger partial charge in [0.2, 0.25) is 11.8 Å². The number of para-hydroxylation sites is 1. The van der Waals surface area contributed by atoms with Crippen LogP contribution in [0.2, 0.25) is 5.02 Å². The molecule has 2 aromatic rings. The van der Waals surface area contributed by atoms with E-state index in [1.807, 2.05) is 30.3 Å². The van der Waals surface area contributed by atoms with E-state index in [0.29, 0.717) is 10.7 Å². The maximum absolute atomic E-state index is 12.1. The molecule has 0 heterocycles. The lowest BCUT2D eigenvalue weighted by atomic mass is 10.1. The Balaban J connectivity index is 2.01. The molecule has 114 valence electrons. The van der Waals surface area contributed by atoms with E-state index in [2.05, 4.69) is 5.32 Å². The van der Waals surface area contributed by atoms with Crippen LogP contribution in [-0.4, -0.2) is 17.6 Å². The number of rotatable bonds is 6. The average molecular weight is 335 g/mol. The minimum Gasteiger partial charge on any atom is -0.369 e. The molecule has 0 saturated carbocycles. The van der Waals surface area contributed by atoms with Crippen molar-refractivity contribution in [3.63, 3.8) is 0 Å². The lowest BCUT2D eigenvalue weighted by molar-refractivity contribution is -0.116. The zero-order valence-corrected chi connectivity index (χ0v) is 13.3. The second kappa shape index (κ2) is 7.87. The van der Waals surface area contributed by atoms with Crippen LogP contribution in [0.15, 0.2) is 53.4 Å². The maximum atomic E-state index is 12.1. The molecule has 0 unspecified atom stereocenters. The standard InChI is InChI=1S/C16H15ClN2O2S/c17-12-7-5-11(6-8-12)9-16(21)19-13-3-1-2-4-14(13)22-10-15(18)20/h1-8H,9-10H2,(H2,18,20)(H,19,21). The Morgan fingerprint density at radius 3 is 2.45 bits per heavy atom. The fourth-order valence-electron chi connectivity index (χ4n) is 1.83. The van der Waals surface area contributed by atoms with E-state index in [0.717, 1.165) is 10.5 Å². The quantitative estimate of drug-likeness (QED) is 0.797. The lowest BCUT2D eigenvalue weighted by Gasteiger charge is -2.10. The third-order valence-electron chi connectivity index (χ3n) is 2.81. The number of nitrogens with two attached hydrogens (primary N) is 1. The van der Waals surface area contributed by atoms with Crippen molar-refractivity contribution in [3.05, 3.63) is 59.1 Å². The van der Waals surface area contributed by atoms with Crippen LogP contribution in [0.3, 0.4) is 0 Å². The molecule has 2 aromatic carbocycles. The van der Waals surface area contributed by atoms with Gasteiger partial charge in [0, 0.05) is 9.92 Å². The topological polar surface area (TPSA) is 72.2 Å². The lowest BCUT2D eigenvalue weighted by Crippen LogP contribution is -2.16. The molecule has 22 heavy (non-hydrogen) atoms. The van der Waals surface area contributed by atoms with Gasteiger partial charge in [-0.15, -0.1) is 11.8 Å². The Bertz CT molecular complexity index is 674. The highest BCUT2D eigenvalue weighted by molar-refractivity contribution is 8.00. The Morgan fingerprint density at radius 2 is 1.77 bits per heavy atom. The van der Waals surface area contributed by atoms with Gasteiger partial charge in [-0.1, -0.05) is 35.9 Å². The predicted octanol–water partition coefficient (Wildman–Crippen LogP) is 3.10. The summed E-state index contributed by atoms with van der Waals surface area (Å²) < 4.78 is 0. The van der Waals surface area contributed by atoms with Crippen molar-refractivity contribution >= 4 is 40.9 Å². The fraction of sp³-hybridized carbons (Fsp3) is 0.125. The first kappa shape index (κ1) is 16.4. The molecule has 0 saturated heterocycles. The molecule has 0 aliphatic heterocycles. The molecular weight excluding hydrogens is 320 g/mol. The van der Waals surface area contributed by atoms with E-state index in [4.69, 9.17) is 17.3 Å². The van der Waals surface area contributed by atoms with Crippen molar-refractivity contribution < 1.29 is 9.59 Å². The monoisotopic (exact) mass is 334 g/mol. The summed E-state index contributed by atoms with van der Waals surface area (Å²) in [4.78, 5) is 23.8. The van der Waals surface area contributed by atoms with E-state index in [1.54, 1.807) is 18.2 Å². The number of hydrogen-bond acceptors (Lipinski definition) is 3. The van der Waals surface area contributed by atoms with E-state index >= 15 is 0 Å². The Kier molecular flexibility index (Phi) is 5.86. The van der Waals surface area contributed by atoms with Crippen molar-refractivity contribution in [1.29, 1.82) is 0 Å². The summed E-state index contributed by atoms with van der Waals surface area (Å²) in [6.07, 6.45) is 0.256. The van der Waals surface area contributed by atoms with Gasteiger partial charge in [-0.05, 0) is 29.8 Å². The van der Waals surface area contributed by atoms with Crippen LogP contribution in [0.5, 0.6) is 0 Å². The van der Waals surface area contributed by atoms with Crippen molar-refractivity contribution in [2.75, 3.05) is 11.1 Å². The molecule has 2 amide bonds. The van der Waals surface area contributed by atoms with Crippen LogP contribution < -0.4 is 11.1 Å². The highest BCUT2D eigenvalue weighted by Crippen LogP contribution is 2.26. The molecule has 2 rings (SSSR count). The summed E-state index contributed by atoms with van der Waals surface area (Å²) in [6, 6.07) is 14.4. The van der Waals surface area contributed by atoms with E-state index in [9.17, 15) is 9.59 Å². The molecule has 4 nitrogen and oxygen atoms in total. The number of benzene rings is 2. The van der Waals surface area contributed by atoms with Crippen molar-refractivity contribution in [1.82, 2.24) is 0 Å². The van der Waals surface area contributed by atoms with Gasteiger partial charge in [-0.25, -0.2) is 0 Å². The van der Waals surface area contributed by atoms with Crippen LogP contribution in [0.4, 0.5) is 5.69 Å². The smallest absolute Gasteiger partial charge is 0.228 e. The van der Waals surface area contributed by atoms with E-state index in [1.165, 1.54) is 11.8 Å². The largest absolute Gasteiger partial charge is 0.369 e. The minimum absolute atomic E-state index is 0.130. The van der Waals surface area contributed by atoms with Gasteiger partial charge in [0.15, 0.2) is 0 Å². The third-order valence-corrected chi connectivity index (χ3v) is 4.16. The van der Waals surface area contributed by atoms with Crippen molar-refractivity contribution in [2.24, 2.45) is 5.73 Å². The summed E-state index contributed by atoms with van der Waals surface area (Å²) in [7, 11) is 0. The molecule has 0 radical (unpaired) electrons. The zero-order valence-electron chi connectivity index (χ0n) is 11.7. The molecular formula is C16H15ClN2O2S. The Hall–Kier alpha value is -1.98. The van der Waals surface area contributed by atoms with Crippen LogP contribution in [0.25, 0.3) is 0 Å². The number of carbonyl (C=O) groups is 2. The molecule has 0 bridgehead atoms. The van der Waals surface area contributed by atoms with Gasteiger partial charge in [0.05, 0.1) is 17.9 Å². The summed E-state index contributed by atoms with van der Waals surface area (Å²) in [5.74, 6) is -0.355. The summed E-state index contributed by atoms with van der Waals surface area (Å²) in [5, 5.41) is 3.49. The summed E-state index contributed by atoms with van der Waals surface area (Å²) >= 11 is 7.12. The van der Waals surface area contributed by atoms with Crippen LogP contribution in [0, 0.1) is 0 Å². The van der Waals surface area contributed by atoms with E-state index in [-0.39, 0.29) is 18.1 Å². The maximum Gasteiger partial charge on any atom is 0.228 e. The third kappa shape index (κ3) is 5.09. The zero-order chi connectivity index (χ0) is 15.9. The first-order valence-electron chi connectivity index (χ1n) is 6.59.